The molecular formula is C18H30N2O3. The molecule has 1 N–H and O–H groups in total. The smallest absolute Gasteiger partial charge is 0.128 e. The average Bonchev–Trinajstić information content (AvgIpc) is 2.56. The van der Waals surface area contributed by atoms with Gasteiger partial charge < -0.3 is 14.6 Å². The van der Waals surface area contributed by atoms with E-state index in [-0.39, 0.29) is 12.0 Å². The molecule has 1 aromatic rings. The number of aromatic nitrogens is 1. The summed E-state index contributed by atoms with van der Waals surface area (Å²) in [5.74, 6) is 0.930. The molecule has 1 aliphatic rings. The molecule has 5 heteroatoms. The molecule has 0 aromatic carbocycles. The molecule has 0 radical (unpaired) electrons. The molecule has 1 saturated heterocycles. The highest BCUT2D eigenvalue weighted by atomic mass is 16.5. The number of piperidine rings is 1. The van der Waals surface area contributed by atoms with Gasteiger partial charge in [0.25, 0.3) is 0 Å². The Balaban J connectivity index is 2.11. The summed E-state index contributed by atoms with van der Waals surface area (Å²) < 4.78 is 10.7. The fraction of sp³-hybridized carbons (Fsp3) is 0.722. The number of hydrogen-bond acceptors (Lipinski definition) is 5. The molecule has 1 fully saturated rings. The van der Waals surface area contributed by atoms with Crippen LogP contribution in [0.15, 0.2) is 6.20 Å². The van der Waals surface area contributed by atoms with E-state index >= 15 is 0 Å². The van der Waals surface area contributed by atoms with Gasteiger partial charge in [0.05, 0.1) is 19.4 Å². The third kappa shape index (κ3) is 4.22. The van der Waals surface area contributed by atoms with Crippen molar-refractivity contribution in [3.8, 4) is 5.75 Å². The third-order valence-corrected chi connectivity index (χ3v) is 5.04. The lowest BCUT2D eigenvalue weighted by molar-refractivity contribution is 0.00430. The van der Waals surface area contributed by atoms with E-state index in [1.807, 2.05) is 13.1 Å². The van der Waals surface area contributed by atoms with E-state index in [2.05, 4.69) is 16.8 Å². The van der Waals surface area contributed by atoms with Gasteiger partial charge in [0, 0.05) is 49.5 Å². The molecule has 1 atom stereocenters. The fourth-order valence-corrected chi connectivity index (χ4v) is 3.62. The minimum atomic E-state index is -0.0447. The van der Waals surface area contributed by atoms with Crippen LogP contribution in [0.3, 0.4) is 0 Å². The molecule has 0 amide bonds. The lowest BCUT2D eigenvalue weighted by Crippen LogP contribution is -2.45. The van der Waals surface area contributed by atoms with Crippen molar-refractivity contribution in [2.24, 2.45) is 5.41 Å². The van der Waals surface area contributed by atoms with Gasteiger partial charge in [-0.25, -0.2) is 0 Å². The van der Waals surface area contributed by atoms with Gasteiger partial charge in [0.15, 0.2) is 0 Å². The first-order valence-electron chi connectivity index (χ1n) is 8.36. The number of aliphatic hydroxyl groups excluding tert-OH is 1. The number of nitrogens with zero attached hydrogens (tertiary/aromatic N) is 2. The number of rotatable bonds is 7. The Bertz CT molecular complexity index is 521. The Morgan fingerprint density at radius 2 is 2.13 bits per heavy atom. The van der Waals surface area contributed by atoms with Crippen LogP contribution < -0.4 is 4.74 Å². The van der Waals surface area contributed by atoms with E-state index in [1.54, 1.807) is 14.2 Å². The first-order valence-corrected chi connectivity index (χ1v) is 8.36. The topological polar surface area (TPSA) is 54.8 Å². The molecule has 0 unspecified atom stereocenters. The maximum absolute atomic E-state index is 9.91. The van der Waals surface area contributed by atoms with Crippen molar-refractivity contribution in [3.63, 3.8) is 0 Å². The van der Waals surface area contributed by atoms with Gasteiger partial charge in [-0.1, -0.05) is 0 Å². The second-order valence-corrected chi connectivity index (χ2v) is 6.76. The number of aliphatic hydroxyl groups is 1. The molecule has 130 valence electrons. The first-order chi connectivity index (χ1) is 11.0. The summed E-state index contributed by atoms with van der Waals surface area (Å²) in [4.78, 5) is 7.01. The highest BCUT2D eigenvalue weighted by Crippen LogP contribution is 2.34. The standard InChI is InChI=1S/C18H30N2O3/c1-14-10-19-16(15(2)17(14)23-4)11-20-8-5-6-18(12-20,13-21)7-9-22-3/h10,21H,5-9,11-13H2,1-4H3/t18-/m0/s1. The minimum Gasteiger partial charge on any atom is -0.496 e. The Labute approximate surface area is 139 Å². The van der Waals surface area contributed by atoms with Gasteiger partial charge in [0.1, 0.15) is 5.75 Å². The van der Waals surface area contributed by atoms with Crippen LogP contribution in [0.2, 0.25) is 0 Å². The molecule has 0 spiro atoms. The van der Waals surface area contributed by atoms with Crippen LogP contribution in [0.1, 0.15) is 36.1 Å². The van der Waals surface area contributed by atoms with E-state index in [0.717, 1.165) is 61.5 Å². The SMILES string of the molecule is COCC[C@@]1(CO)CCCN(Cc2ncc(C)c(OC)c2C)C1. The Hall–Kier alpha value is -1.17. The molecule has 2 heterocycles. The maximum Gasteiger partial charge on any atom is 0.128 e. The second-order valence-electron chi connectivity index (χ2n) is 6.76. The average molecular weight is 322 g/mol. The number of pyridine rings is 1. The minimum absolute atomic E-state index is 0.0447. The molecule has 0 saturated carbocycles. The van der Waals surface area contributed by atoms with E-state index in [0.29, 0.717) is 6.61 Å². The molecular weight excluding hydrogens is 292 g/mol. The van der Waals surface area contributed by atoms with Gasteiger partial charge in [0.2, 0.25) is 0 Å². The predicted molar refractivity (Wildman–Crippen MR) is 90.8 cm³/mol. The zero-order valence-electron chi connectivity index (χ0n) is 14.9. The molecule has 1 aromatic heterocycles. The van der Waals surface area contributed by atoms with Gasteiger partial charge in [-0.2, -0.15) is 0 Å². The molecule has 0 aliphatic carbocycles. The summed E-state index contributed by atoms with van der Waals surface area (Å²) in [6, 6.07) is 0. The number of methoxy groups -OCH3 is 2. The van der Waals surface area contributed by atoms with Crippen LogP contribution in [0.4, 0.5) is 0 Å². The van der Waals surface area contributed by atoms with E-state index in [1.165, 1.54) is 0 Å². The van der Waals surface area contributed by atoms with Gasteiger partial charge in [-0.05, 0) is 39.7 Å². The Morgan fingerprint density at radius 1 is 1.35 bits per heavy atom. The van der Waals surface area contributed by atoms with Gasteiger partial charge >= 0.3 is 0 Å². The molecule has 23 heavy (non-hydrogen) atoms. The van der Waals surface area contributed by atoms with E-state index < -0.39 is 0 Å². The van der Waals surface area contributed by atoms with Crippen molar-refractivity contribution in [1.82, 2.24) is 9.88 Å². The van der Waals surface area contributed by atoms with Gasteiger partial charge in [-0.3, -0.25) is 9.88 Å². The van der Waals surface area contributed by atoms with Crippen molar-refractivity contribution in [1.29, 1.82) is 0 Å². The summed E-state index contributed by atoms with van der Waals surface area (Å²) >= 11 is 0. The van der Waals surface area contributed by atoms with Crippen molar-refractivity contribution < 1.29 is 14.6 Å². The first kappa shape index (κ1) is 18.2. The van der Waals surface area contributed by atoms with E-state index in [9.17, 15) is 5.11 Å². The van der Waals surface area contributed by atoms with Crippen LogP contribution >= 0.6 is 0 Å². The summed E-state index contributed by atoms with van der Waals surface area (Å²) in [5.41, 5.74) is 3.20. The zero-order chi connectivity index (χ0) is 16.9. The summed E-state index contributed by atoms with van der Waals surface area (Å²) in [5, 5.41) is 9.91. The molecule has 0 bridgehead atoms. The second kappa shape index (κ2) is 8.08. The monoisotopic (exact) mass is 322 g/mol. The largest absolute Gasteiger partial charge is 0.496 e. The fourth-order valence-electron chi connectivity index (χ4n) is 3.62. The summed E-state index contributed by atoms with van der Waals surface area (Å²) in [7, 11) is 3.43. The van der Waals surface area contributed by atoms with Crippen LogP contribution in [0.25, 0.3) is 0 Å². The van der Waals surface area contributed by atoms with Crippen LogP contribution in [0.5, 0.6) is 5.75 Å². The number of likely N-dealkylation sites (tertiary alicyclic amines) is 1. The Morgan fingerprint density at radius 3 is 2.78 bits per heavy atom. The van der Waals surface area contributed by atoms with Crippen LogP contribution in [-0.2, 0) is 11.3 Å². The predicted octanol–water partition coefficient (Wildman–Crippen LogP) is 2.32. The Kier molecular flexibility index (Phi) is 6.39. The number of ether oxygens (including phenoxy) is 2. The van der Waals surface area contributed by atoms with Crippen molar-refractivity contribution in [2.75, 3.05) is 40.5 Å². The molecule has 1 aliphatic heterocycles. The molecule has 5 nitrogen and oxygen atoms in total. The highest BCUT2D eigenvalue weighted by molar-refractivity contribution is 5.41. The van der Waals surface area contributed by atoms with E-state index in [4.69, 9.17) is 9.47 Å². The normalized spacial score (nSPS) is 22.3. The van der Waals surface area contributed by atoms with Crippen molar-refractivity contribution in [2.45, 2.75) is 39.7 Å². The summed E-state index contributed by atoms with van der Waals surface area (Å²) in [6.45, 7) is 7.75. The number of hydrogen-bond donors (Lipinski definition) is 1. The molecule has 2 rings (SSSR count). The van der Waals surface area contributed by atoms with Crippen LogP contribution in [-0.4, -0.2) is 55.5 Å². The number of aryl methyl sites for hydroxylation is 1. The maximum atomic E-state index is 9.91. The lowest BCUT2D eigenvalue weighted by Gasteiger charge is -2.42. The summed E-state index contributed by atoms with van der Waals surface area (Å²) in [6.07, 6.45) is 4.95. The third-order valence-electron chi connectivity index (χ3n) is 5.04. The van der Waals surface area contributed by atoms with Crippen molar-refractivity contribution in [3.05, 3.63) is 23.0 Å². The zero-order valence-corrected chi connectivity index (χ0v) is 14.9. The quantitative estimate of drug-likeness (QED) is 0.835. The van der Waals surface area contributed by atoms with Gasteiger partial charge in [-0.15, -0.1) is 0 Å². The van der Waals surface area contributed by atoms with Crippen LogP contribution in [0, 0.1) is 19.3 Å². The highest BCUT2D eigenvalue weighted by Gasteiger charge is 2.34. The van der Waals surface area contributed by atoms with Crippen molar-refractivity contribution >= 4 is 0 Å². The lowest BCUT2D eigenvalue weighted by atomic mass is 9.78.